The van der Waals surface area contributed by atoms with Crippen molar-refractivity contribution in [2.24, 2.45) is 5.41 Å². The summed E-state index contributed by atoms with van der Waals surface area (Å²) in [6.45, 7) is 8.44. The lowest BCUT2D eigenvalue weighted by atomic mass is 9.75. The molecule has 2 saturated heterocycles. The topological polar surface area (TPSA) is 21.3 Å². The molecule has 0 bridgehead atoms. The SMILES string of the molecule is C.C1CC2(CCO1)CNC2.CC. The van der Waals surface area contributed by atoms with Crippen LogP contribution in [0.1, 0.15) is 34.1 Å². The van der Waals surface area contributed by atoms with Gasteiger partial charge in [-0.3, -0.25) is 0 Å². The minimum atomic E-state index is 0. The molecule has 2 nitrogen and oxygen atoms in total. The molecule has 2 aliphatic heterocycles. The number of hydrogen-bond donors (Lipinski definition) is 1. The average Bonchev–Trinajstić information content (AvgIpc) is 2.07. The van der Waals surface area contributed by atoms with Crippen LogP contribution in [-0.2, 0) is 4.74 Å². The second kappa shape index (κ2) is 5.55. The van der Waals surface area contributed by atoms with Crippen LogP contribution < -0.4 is 5.32 Å². The molecule has 0 aliphatic carbocycles. The Kier molecular flexibility index (Phi) is 5.51. The van der Waals surface area contributed by atoms with E-state index < -0.39 is 0 Å². The van der Waals surface area contributed by atoms with Crippen LogP contribution in [0.4, 0.5) is 0 Å². The highest BCUT2D eigenvalue weighted by Gasteiger charge is 2.37. The first-order valence-corrected chi connectivity index (χ1v) is 4.70. The summed E-state index contributed by atoms with van der Waals surface area (Å²) in [5.74, 6) is 0. The zero-order valence-electron chi connectivity index (χ0n) is 7.65. The van der Waals surface area contributed by atoms with Gasteiger partial charge in [0.1, 0.15) is 0 Å². The van der Waals surface area contributed by atoms with Crippen LogP contribution in [0.5, 0.6) is 0 Å². The van der Waals surface area contributed by atoms with Crippen molar-refractivity contribution < 1.29 is 4.74 Å². The van der Waals surface area contributed by atoms with Crippen molar-refractivity contribution in [3.05, 3.63) is 0 Å². The van der Waals surface area contributed by atoms with E-state index in [-0.39, 0.29) is 7.43 Å². The van der Waals surface area contributed by atoms with Crippen molar-refractivity contribution in [2.75, 3.05) is 26.3 Å². The van der Waals surface area contributed by atoms with Gasteiger partial charge in [-0.2, -0.15) is 0 Å². The summed E-state index contributed by atoms with van der Waals surface area (Å²) in [7, 11) is 0. The van der Waals surface area contributed by atoms with Crippen molar-refractivity contribution in [2.45, 2.75) is 34.1 Å². The number of ether oxygens (including phenoxy) is 1. The summed E-state index contributed by atoms with van der Waals surface area (Å²) in [6, 6.07) is 0. The van der Waals surface area contributed by atoms with E-state index in [1.54, 1.807) is 0 Å². The van der Waals surface area contributed by atoms with Gasteiger partial charge in [-0.05, 0) is 18.3 Å². The highest BCUT2D eigenvalue weighted by molar-refractivity contribution is 4.93. The van der Waals surface area contributed by atoms with Crippen LogP contribution in [0.3, 0.4) is 0 Å². The van der Waals surface area contributed by atoms with E-state index in [0.29, 0.717) is 5.41 Å². The first-order chi connectivity index (χ1) is 5.41. The zero-order chi connectivity index (χ0) is 8.16. The summed E-state index contributed by atoms with van der Waals surface area (Å²) < 4.78 is 5.27. The molecule has 0 aromatic rings. The summed E-state index contributed by atoms with van der Waals surface area (Å²) >= 11 is 0. The van der Waals surface area contributed by atoms with Crippen LogP contribution >= 0.6 is 0 Å². The van der Waals surface area contributed by atoms with Crippen LogP contribution in [0.2, 0.25) is 0 Å². The Morgan fingerprint density at radius 2 is 1.58 bits per heavy atom. The van der Waals surface area contributed by atoms with E-state index in [1.165, 1.54) is 25.9 Å². The quantitative estimate of drug-likeness (QED) is 0.605. The molecule has 2 fully saturated rings. The zero-order valence-corrected chi connectivity index (χ0v) is 7.65. The molecule has 2 rings (SSSR count). The molecule has 1 spiro atoms. The van der Waals surface area contributed by atoms with Gasteiger partial charge in [-0.1, -0.05) is 21.3 Å². The lowest BCUT2D eigenvalue weighted by Gasteiger charge is -2.45. The fourth-order valence-corrected chi connectivity index (χ4v) is 1.64. The Morgan fingerprint density at radius 1 is 1.08 bits per heavy atom. The fourth-order valence-electron chi connectivity index (χ4n) is 1.64. The first-order valence-electron chi connectivity index (χ1n) is 4.70. The molecule has 12 heavy (non-hydrogen) atoms. The van der Waals surface area contributed by atoms with E-state index >= 15 is 0 Å². The highest BCUT2D eigenvalue weighted by atomic mass is 16.5. The van der Waals surface area contributed by atoms with Crippen LogP contribution in [0.25, 0.3) is 0 Å². The summed E-state index contributed by atoms with van der Waals surface area (Å²) in [5, 5.41) is 3.32. The molecular formula is C10H23NO. The molecule has 0 aromatic heterocycles. The fraction of sp³-hybridized carbons (Fsp3) is 1.00. The van der Waals surface area contributed by atoms with Crippen molar-refractivity contribution in [1.82, 2.24) is 5.32 Å². The maximum absolute atomic E-state index is 5.27. The molecule has 0 saturated carbocycles. The van der Waals surface area contributed by atoms with Crippen LogP contribution in [-0.4, -0.2) is 26.3 Å². The van der Waals surface area contributed by atoms with Crippen molar-refractivity contribution in [1.29, 1.82) is 0 Å². The summed E-state index contributed by atoms with van der Waals surface area (Å²) in [6.07, 6.45) is 2.56. The van der Waals surface area contributed by atoms with Gasteiger partial charge < -0.3 is 10.1 Å². The van der Waals surface area contributed by atoms with Gasteiger partial charge in [-0.25, -0.2) is 0 Å². The van der Waals surface area contributed by atoms with Gasteiger partial charge in [0.05, 0.1) is 0 Å². The van der Waals surface area contributed by atoms with Gasteiger partial charge in [0.15, 0.2) is 0 Å². The molecule has 2 heteroatoms. The van der Waals surface area contributed by atoms with Crippen molar-refractivity contribution in [3.8, 4) is 0 Å². The monoisotopic (exact) mass is 173 g/mol. The number of rotatable bonds is 0. The summed E-state index contributed by atoms with van der Waals surface area (Å²) in [5.41, 5.74) is 0.665. The van der Waals surface area contributed by atoms with E-state index in [0.717, 1.165) is 13.2 Å². The van der Waals surface area contributed by atoms with Gasteiger partial charge in [0.25, 0.3) is 0 Å². The van der Waals surface area contributed by atoms with Crippen LogP contribution in [0, 0.1) is 5.41 Å². The molecule has 0 radical (unpaired) electrons. The molecule has 0 aromatic carbocycles. The van der Waals surface area contributed by atoms with Gasteiger partial charge in [-0.15, -0.1) is 0 Å². The largest absolute Gasteiger partial charge is 0.381 e. The maximum atomic E-state index is 5.27. The maximum Gasteiger partial charge on any atom is 0.0472 e. The van der Waals surface area contributed by atoms with Gasteiger partial charge >= 0.3 is 0 Å². The van der Waals surface area contributed by atoms with Crippen molar-refractivity contribution in [3.63, 3.8) is 0 Å². The molecule has 1 N–H and O–H groups in total. The Labute approximate surface area is 76.7 Å². The second-order valence-electron chi connectivity index (χ2n) is 3.22. The lowest BCUT2D eigenvalue weighted by Crippen LogP contribution is -2.55. The molecule has 74 valence electrons. The molecule has 0 unspecified atom stereocenters. The smallest absolute Gasteiger partial charge is 0.0472 e. The second-order valence-corrected chi connectivity index (χ2v) is 3.22. The molecule has 2 heterocycles. The van der Waals surface area contributed by atoms with E-state index in [4.69, 9.17) is 4.74 Å². The minimum absolute atomic E-state index is 0. The Balaban J connectivity index is 0.000000378. The Bertz CT molecular complexity index is 102. The first kappa shape index (κ1) is 11.9. The lowest BCUT2D eigenvalue weighted by molar-refractivity contribution is -0.0130. The third-order valence-corrected chi connectivity index (χ3v) is 2.55. The van der Waals surface area contributed by atoms with E-state index in [1.807, 2.05) is 13.8 Å². The average molecular weight is 173 g/mol. The number of nitrogens with one attached hydrogen (secondary N) is 1. The van der Waals surface area contributed by atoms with Crippen molar-refractivity contribution >= 4 is 0 Å². The standard InChI is InChI=1S/C7H13NO.C2H6.CH4/c1-3-9-4-2-7(1)5-8-6-7;1-2;/h8H,1-6H2;1-2H3;1H4. The third kappa shape index (κ3) is 2.46. The predicted molar refractivity (Wildman–Crippen MR) is 53.4 cm³/mol. The highest BCUT2D eigenvalue weighted by Crippen LogP contribution is 2.33. The van der Waals surface area contributed by atoms with Crippen LogP contribution in [0.15, 0.2) is 0 Å². The molecule has 0 amide bonds. The van der Waals surface area contributed by atoms with Gasteiger partial charge in [0, 0.05) is 26.3 Å². The Hall–Kier alpha value is -0.0800. The Morgan fingerprint density at radius 3 is 1.83 bits per heavy atom. The normalized spacial score (nSPS) is 24.5. The minimum Gasteiger partial charge on any atom is -0.381 e. The van der Waals surface area contributed by atoms with E-state index in [9.17, 15) is 0 Å². The molecule has 2 aliphatic rings. The molecule has 0 atom stereocenters. The third-order valence-electron chi connectivity index (χ3n) is 2.55. The molecular weight excluding hydrogens is 150 g/mol. The summed E-state index contributed by atoms with van der Waals surface area (Å²) in [4.78, 5) is 0. The number of hydrogen-bond acceptors (Lipinski definition) is 2. The van der Waals surface area contributed by atoms with Gasteiger partial charge in [0.2, 0.25) is 0 Å². The van der Waals surface area contributed by atoms with E-state index in [2.05, 4.69) is 5.32 Å². The predicted octanol–water partition coefficient (Wildman–Crippen LogP) is 2.05.